The van der Waals surface area contributed by atoms with Crippen molar-refractivity contribution in [2.45, 2.75) is 27.2 Å². The van der Waals surface area contributed by atoms with E-state index in [1.165, 1.54) is 12.1 Å². The average Bonchev–Trinajstić information content (AvgIpc) is 2.46. The third-order valence-corrected chi connectivity index (χ3v) is 3.28. The molecule has 0 aliphatic heterocycles. The maximum absolute atomic E-state index is 11.8. The Morgan fingerprint density at radius 3 is 2.43 bits per heavy atom. The van der Waals surface area contributed by atoms with E-state index in [2.05, 4.69) is 0 Å². The van der Waals surface area contributed by atoms with E-state index in [1.54, 1.807) is 4.90 Å². The highest BCUT2D eigenvalue weighted by molar-refractivity contribution is 6.34. The van der Waals surface area contributed by atoms with Gasteiger partial charge in [-0.3, -0.25) is 10.1 Å². The van der Waals surface area contributed by atoms with Gasteiger partial charge in [0.05, 0.1) is 22.1 Å². The summed E-state index contributed by atoms with van der Waals surface area (Å²) >= 11 is 6.16. The molecule has 0 saturated carbocycles. The van der Waals surface area contributed by atoms with Gasteiger partial charge in [0.25, 0.3) is 5.69 Å². The van der Waals surface area contributed by atoms with Gasteiger partial charge in [0.1, 0.15) is 5.69 Å². The van der Waals surface area contributed by atoms with Crippen molar-refractivity contribution in [2.75, 3.05) is 24.6 Å². The van der Waals surface area contributed by atoms with E-state index in [0.29, 0.717) is 25.2 Å². The largest absolute Gasteiger partial charge is 0.462 e. The van der Waals surface area contributed by atoms with Crippen LogP contribution < -0.4 is 4.90 Å². The fourth-order valence-electron chi connectivity index (χ4n) is 1.97. The molecule has 1 aromatic carbocycles. The second kappa shape index (κ2) is 7.83. The Bertz CT molecular complexity index is 530. The summed E-state index contributed by atoms with van der Waals surface area (Å²) in [7, 11) is 0. The number of anilines is 1. The Morgan fingerprint density at radius 1 is 1.33 bits per heavy atom. The number of nitro groups is 1. The molecule has 0 radical (unpaired) electrons. The van der Waals surface area contributed by atoms with Gasteiger partial charge in [-0.2, -0.15) is 0 Å². The smallest absolute Gasteiger partial charge is 0.338 e. The molecule has 21 heavy (non-hydrogen) atoms. The lowest BCUT2D eigenvalue weighted by molar-refractivity contribution is -0.384. The molecule has 0 unspecified atom stereocenters. The zero-order valence-electron chi connectivity index (χ0n) is 12.4. The molecule has 0 N–H and O–H groups in total. The third-order valence-electron chi connectivity index (χ3n) is 2.99. The highest BCUT2D eigenvalue weighted by atomic mass is 35.5. The van der Waals surface area contributed by atoms with Crippen molar-refractivity contribution in [1.29, 1.82) is 0 Å². The number of rotatable bonds is 7. The minimum atomic E-state index is -0.604. The molecule has 0 heterocycles. The summed E-state index contributed by atoms with van der Waals surface area (Å²) in [6, 6.07) is 2.64. The molecule has 0 spiro atoms. The average molecular weight is 315 g/mol. The van der Waals surface area contributed by atoms with Gasteiger partial charge in [-0.05, 0) is 26.3 Å². The number of nitrogens with zero attached hydrogens (tertiary/aromatic N) is 2. The van der Waals surface area contributed by atoms with Gasteiger partial charge in [0, 0.05) is 19.2 Å². The molecule has 7 heteroatoms. The van der Waals surface area contributed by atoms with Gasteiger partial charge >= 0.3 is 5.97 Å². The summed E-state index contributed by atoms with van der Waals surface area (Å²) in [6.45, 7) is 7.06. The van der Waals surface area contributed by atoms with Crippen molar-refractivity contribution in [2.24, 2.45) is 0 Å². The normalized spacial score (nSPS) is 10.3. The van der Waals surface area contributed by atoms with Crippen molar-refractivity contribution >= 4 is 28.9 Å². The van der Waals surface area contributed by atoms with Gasteiger partial charge in [0.2, 0.25) is 0 Å². The topological polar surface area (TPSA) is 72.7 Å². The molecular weight excluding hydrogens is 296 g/mol. The predicted molar refractivity (Wildman–Crippen MR) is 82.2 cm³/mol. The second-order valence-electron chi connectivity index (χ2n) is 4.39. The maximum Gasteiger partial charge on any atom is 0.338 e. The number of ether oxygens (including phenoxy) is 1. The van der Waals surface area contributed by atoms with Gasteiger partial charge in [-0.25, -0.2) is 4.79 Å². The van der Waals surface area contributed by atoms with Crippen molar-refractivity contribution in [1.82, 2.24) is 0 Å². The van der Waals surface area contributed by atoms with E-state index in [1.807, 2.05) is 20.8 Å². The summed E-state index contributed by atoms with van der Waals surface area (Å²) in [5.41, 5.74) is 0.240. The van der Waals surface area contributed by atoms with E-state index in [0.717, 1.165) is 0 Å². The summed E-state index contributed by atoms with van der Waals surface area (Å²) in [4.78, 5) is 24.3. The van der Waals surface area contributed by atoms with Crippen LogP contribution in [0.3, 0.4) is 0 Å². The quantitative estimate of drug-likeness (QED) is 0.436. The molecule has 0 aliphatic carbocycles. The Morgan fingerprint density at radius 2 is 1.95 bits per heavy atom. The zero-order chi connectivity index (χ0) is 16.0. The lowest BCUT2D eigenvalue weighted by atomic mass is 10.1. The monoisotopic (exact) mass is 314 g/mol. The molecule has 1 rings (SSSR count). The number of nitro benzene ring substituents is 1. The zero-order valence-corrected chi connectivity index (χ0v) is 13.1. The molecule has 1 aromatic rings. The number of esters is 1. The lowest BCUT2D eigenvalue weighted by Gasteiger charge is -2.22. The van der Waals surface area contributed by atoms with Crippen LogP contribution in [0.1, 0.15) is 37.6 Å². The van der Waals surface area contributed by atoms with Crippen LogP contribution in [0, 0.1) is 10.1 Å². The first-order valence-corrected chi connectivity index (χ1v) is 7.23. The van der Waals surface area contributed by atoms with Crippen LogP contribution in [-0.2, 0) is 4.74 Å². The third kappa shape index (κ3) is 4.07. The Labute approximate surface area is 128 Å². The predicted octanol–water partition coefficient (Wildman–Crippen LogP) is 3.66. The van der Waals surface area contributed by atoms with Crippen LogP contribution >= 0.6 is 11.6 Å². The number of carbonyl (C=O) groups excluding carboxylic acids is 1. The fourth-order valence-corrected chi connectivity index (χ4v) is 2.31. The minimum absolute atomic E-state index is 0.0936. The van der Waals surface area contributed by atoms with Crippen molar-refractivity contribution in [3.8, 4) is 0 Å². The van der Waals surface area contributed by atoms with Gasteiger partial charge in [-0.1, -0.05) is 18.5 Å². The van der Waals surface area contributed by atoms with Crippen molar-refractivity contribution in [3.05, 3.63) is 32.8 Å². The van der Waals surface area contributed by atoms with E-state index < -0.39 is 10.9 Å². The highest BCUT2D eigenvalue weighted by Gasteiger charge is 2.25. The number of hydrogen-bond donors (Lipinski definition) is 0. The SMILES string of the molecule is CCCOC(=O)c1cc(Cl)c(N(CC)CC)c([N+](=O)[O-])c1. The number of hydrogen-bond acceptors (Lipinski definition) is 5. The first kappa shape index (κ1) is 17.2. The molecular formula is C14H19ClN2O4. The van der Waals surface area contributed by atoms with Crippen LogP contribution in [0.2, 0.25) is 5.02 Å². The van der Waals surface area contributed by atoms with E-state index in [9.17, 15) is 14.9 Å². The Balaban J connectivity index is 3.30. The van der Waals surface area contributed by atoms with E-state index in [-0.39, 0.29) is 22.9 Å². The number of halogens is 1. The lowest BCUT2D eigenvalue weighted by Crippen LogP contribution is -2.23. The minimum Gasteiger partial charge on any atom is -0.462 e. The van der Waals surface area contributed by atoms with Gasteiger partial charge in [-0.15, -0.1) is 0 Å². The summed E-state index contributed by atoms with van der Waals surface area (Å²) < 4.78 is 4.99. The summed E-state index contributed by atoms with van der Waals surface area (Å²) in [5, 5.41) is 11.4. The van der Waals surface area contributed by atoms with Crippen LogP contribution in [0.15, 0.2) is 12.1 Å². The van der Waals surface area contributed by atoms with E-state index in [4.69, 9.17) is 16.3 Å². The van der Waals surface area contributed by atoms with Crippen LogP contribution in [0.4, 0.5) is 11.4 Å². The molecule has 116 valence electrons. The standard InChI is InChI=1S/C14H19ClN2O4/c1-4-7-21-14(18)10-8-11(15)13(16(5-2)6-3)12(9-10)17(19)20/h8-9H,4-7H2,1-3H3. The van der Waals surface area contributed by atoms with Crippen molar-refractivity contribution in [3.63, 3.8) is 0 Å². The highest BCUT2D eigenvalue weighted by Crippen LogP contribution is 2.37. The van der Waals surface area contributed by atoms with Crippen LogP contribution in [0.25, 0.3) is 0 Å². The molecule has 6 nitrogen and oxygen atoms in total. The van der Waals surface area contributed by atoms with Crippen molar-refractivity contribution < 1.29 is 14.5 Å². The molecule has 0 bridgehead atoms. The number of carbonyl (C=O) groups is 1. The van der Waals surface area contributed by atoms with Crippen LogP contribution in [0.5, 0.6) is 0 Å². The molecule has 0 aromatic heterocycles. The number of benzene rings is 1. The molecule has 0 saturated heterocycles. The first-order chi connectivity index (χ1) is 9.96. The van der Waals surface area contributed by atoms with E-state index >= 15 is 0 Å². The summed E-state index contributed by atoms with van der Waals surface area (Å²) in [6.07, 6.45) is 0.680. The van der Waals surface area contributed by atoms with Gasteiger partial charge in [0.15, 0.2) is 0 Å². The molecule has 0 fully saturated rings. The molecule has 0 aliphatic rings. The fraction of sp³-hybridized carbons (Fsp3) is 0.500. The van der Waals surface area contributed by atoms with Gasteiger partial charge < -0.3 is 9.64 Å². The first-order valence-electron chi connectivity index (χ1n) is 6.86. The maximum atomic E-state index is 11.8. The Hall–Kier alpha value is -1.82. The Kier molecular flexibility index (Phi) is 6.42. The molecule has 0 atom stereocenters. The van der Waals surface area contributed by atoms with Crippen LogP contribution in [-0.4, -0.2) is 30.6 Å². The summed E-state index contributed by atoms with van der Waals surface area (Å²) in [5.74, 6) is -0.604. The second-order valence-corrected chi connectivity index (χ2v) is 4.80. The molecule has 0 amide bonds.